The molecule has 0 aliphatic carbocycles. The number of guanidine groups is 1. The number of benzene rings is 1. The molecule has 0 saturated heterocycles. The lowest BCUT2D eigenvalue weighted by Crippen LogP contribution is -2.50. The van der Waals surface area contributed by atoms with Crippen molar-refractivity contribution in [2.75, 3.05) is 7.05 Å². The fraction of sp³-hybridized carbons (Fsp3) is 0.500. The van der Waals surface area contributed by atoms with Gasteiger partial charge in [0.15, 0.2) is 0 Å². The topological polar surface area (TPSA) is 53.6 Å². The Morgan fingerprint density at radius 1 is 1.28 bits per heavy atom. The first kappa shape index (κ1) is 14.5. The van der Waals surface area contributed by atoms with E-state index < -0.39 is 0 Å². The molecule has 0 amide bonds. The molecule has 18 heavy (non-hydrogen) atoms. The largest absolute Gasteiger partial charge is 0.341 e. The molecule has 4 heteroatoms. The molecule has 0 heterocycles. The molecule has 0 aromatic heterocycles. The van der Waals surface area contributed by atoms with E-state index >= 15 is 0 Å². The van der Waals surface area contributed by atoms with Crippen LogP contribution in [0.5, 0.6) is 0 Å². The van der Waals surface area contributed by atoms with Gasteiger partial charge in [-0.05, 0) is 24.5 Å². The fourth-order valence-electron chi connectivity index (χ4n) is 1.60. The molecule has 3 N–H and O–H groups in total. The van der Waals surface area contributed by atoms with E-state index in [2.05, 4.69) is 43.0 Å². The molecular formula is C14H24N4. The summed E-state index contributed by atoms with van der Waals surface area (Å²) in [6, 6.07) is 10.1. The summed E-state index contributed by atoms with van der Waals surface area (Å²) in [6.07, 6.45) is 0. The van der Waals surface area contributed by atoms with Crippen molar-refractivity contribution in [3.8, 4) is 0 Å². The van der Waals surface area contributed by atoms with Gasteiger partial charge in [-0.1, -0.05) is 39.0 Å². The Balaban J connectivity index is 2.94. The molecule has 0 spiro atoms. The van der Waals surface area contributed by atoms with E-state index in [0.29, 0.717) is 12.0 Å². The number of aliphatic imine (C=N–C) groups is 1. The molecule has 1 unspecified atom stereocenters. The molecule has 1 rings (SSSR count). The fourth-order valence-corrected chi connectivity index (χ4v) is 1.60. The number of nitrogens with two attached hydrogens (primary N) is 1. The lowest BCUT2D eigenvalue weighted by Gasteiger charge is -2.36. The molecule has 0 fully saturated rings. The lowest BCUT2D eigenvalue weighted by atomic mass is 9.87. The number of nitrogens with zero attached hydrogens (tertiary/aromatic N) is 2. The highest BCUT2D eigenvalue weighted by atomic mass is 15.4. The van der Waals surface area contributed by atoms with Crippen molar-refractivity contribution in [3.05, 3.63) is 30.3 Å². The predicted octanol–water partition coefficient (Wildman–Crippen LogP) is 2.50. The van der Waals surface area contributed by atoms with Gasteiger partial charge in [-0.3, -0.25) is 5.43 Å². The Bertz CT molecular complexity index is 392. The van der Waals surface area contributed by atoms with Gasteiger partial charge in [0.05, 0.1) is 5.69 Å². The highest BCUT2D eigenvalue weighted by molar-refractivity contribution is 5.82. The minimum Gasteiger partial charge on any atom is -0.341 e. The van der Waals surface area contributed by atoms with Crippen molar-refractivity contribution >= 4 is 11.6 Å². The van der Waals surface area contributed by atoms with Crippen molar-refractivity contribution in [1.29, 1.82) is 0 Å². The summed E-state index contributed by atoms with van der Waals surface area (Å²) in [5.74, 6) is 6.25. The van der Waals surface area contributed by atoms with Crippen LogP contribution < -0.4 is 11.3 Å². The third-order valence-electron chi connectivity index (χ3n) is 3.29. The minimum atomic E-state index is 0.156. The summed E-state index contributed by atoms with van der Waals surface area (Å²) in [7, 11) is 2.00. The van der Waals surface area contributed by atoms with Crippen molar-refractivity contribution in [1.82, 2.24) is 10.3 Å². The zero-order chi connectivity index (χ0) is 13.8. The van der Waals surface area contributed by atoms with Gasteiger partial charge in [0, 0.05) is 13.1 Å². The molecule has 1 atom stereocenters. The lowest BCUT2D eigenvalue weighted by molar-refractivity contribution is 0.204. The van der Waals surface area contributed by atoms with Gasteiger partial charge >= 0.3 is 0 Å². The minimum absolute atomic E-state index is 0.156. The van der Waals surface area contributed by atoms with Crippen LogP contribution in [-0.2, 0) is 0 Å². The van der Waals surface area contributed by atoms with Gasteiger partial charge < -0.3 is 4.90 Å². The average Bonchev–Trinajstić information content (AvgIpc) is 2.34. The summed E-state index contributed by atoms with van der Waals surface area (Å²) < 4.78 is 0. The average molecular weight is 248 g/mol. The van der Waals surface area contributed by atoms with Gasteiger partial charge in [-0.2, -0.15) is 0 Å². The van der Waals surface area contributed by atoms with Crippen LogP contribution in [0.1, 0.15) is 27.7 Å². The third-order valence-corrected chi connectivity index (χ3v) is 3.29. The Kier molecular flexibility index (Phi) is 4.73. The zero-order valence-electron chi connectivity index (χ0n) is 11.9. The predicted molar refractivity (Wildman–Crippen MR) is 77.5 cm³/mol. The SMILES string of the molecule is CC(N(C)C(=Nc1ccccc1)NN)C(C)(C)C. The van der Waals surface area contributed by atoms with Crippen LogP contribution >= 0.6 is 0 Å². The standard InChI is InChI=1S/C14H24N4/c1-11(14(2,3)4)18(5)13(17-15)16-12-9-7-6-8-10-12/h6-11H,15H2,1-5H3,(H,16,17). The number of hydrazine groups is 1. The van der Waals surface area contributed by atoms with Gasteiger partial charge in [-0.15, -0.1) is 0 Å². The molecular weight excluding hydrogens is 224 g/mol. The van der Waals surface area contributed by atoms with E-state index in [4.69, 9.17) is 5.84 Å². The maximum absolute atomic E-state index is 5.58. The van der Waals surface area contributed by atoms with Crippen molar-refractivity contribution in [3.63, 3.8) is 0 Å². The third kappa shape index (κ3) is 3.74. The van der Waals surface area contributed by atoms with E-state index in [9.17, 15) is 0 Å². The quantitative estimate of drug-likeness (QED) is 0.366. The smallest absolute Gasteiger partial charge is 0.213 e. The molecule has 4 nitrogen and oxygen atoms in total. The Hall–Kier alpha value is -1.55. The number of para-hydroxylation sites is 1. The summed E-state index contributed by atoms with van der Waals surface area (Å²) >= 11 is 0. The van der Waals surface area contributed by atoms with E-state index in [1.165, 1.54) is 0 Å². The highest BCUT2D eigenvalue weighted by Gasteiger charge is 2.25. The number of hydrogen-bond donors (Lipinski definition) is 2. The van der Waals surface area contributed by atoms with Crippen LogP contribution in [0.15, 0.2) is 35.3 Å². The number of rotatable bonds is 2. The first-order valence-corrected chi connectivity index (χ1v) is 6.19. The maximum Gasteiger partial charge on any atom is 0.213 e. The first-order chi connectivity index (χ1) is 8.36. The first-order valence-electron chi connectivity index (χ1n) is 6.19. The van der Waals surface area contributed by atoms with Crippen LogP contribution in [0.2, 0.25) is 0 Å². The van der Waals surface area contributed by atoms with Crippen LogP contribution in [-0.4, -0.2) is 23.9 Å². The number of nitrogens with one attached hydrogen (secondary N) is 1. The zero-order valence-corrected chi connectivity index (χ0v) is 11.9. The normalized spacial score (nSPS) is 14.2. The molecule has 1 aromatic rings. The molecule has 0 aliphatic heterocycles. The van der Waals surface area contributed by atoms with E-state index in [0.717, 1.165) is 5.69 Å². The molecule has 0 saturated carbocycles. The van der Waals surface area contributed by atoms with Gasteiger partial charge in [0.2, 0.25) is 5.96 Å². The summed E-state index contributed by atoms with van der Waals surface area (Å²) in [5.41, 5.74) is 3.72. The Morgan fingerprint density at radius 3 is 2.28 bits per heavy atom. The monoisotopic (exact) mass is 248 g/mol. The second kappa shape index (κ2) is 5.87. The second-order valence-electron chi connectivity index (χ2n) is 5.57. The van der Waals surface area contributed by atoms with Gasteiger partial charge in [0.25, 0.3) is 0 Å². The second-order valence-corrected chi connectivity index (χ2v) is 5.57. The summed E-state index contributed by atoms with van der Waals surface area (Å²) in [6.45, 7) is 8.76. The van der Waals surface area contributed by atoms with Gasteiger partial charge in [-0.25, -0.2) is 10.8 Å². The van der Waals surface area contributed by atoms with Crippen LogP contribution in [0.25, 0.3) is 0 Å². The van der Waals surface area contributed by atoms with Crippen molar-refractivity contribution < 1.29 is 0 Å². The molecule has 0 bridgehead atoms. The van der Waals surface area contributed by atoms with Crippen LogP contribution in [0.4, 0.5) is 5.69 Å². The van der Waals surface area contributed by atoms with Crippen LogP contribution in [0, 0.1) is 5.41 Å². The molecule has 0 radical (unpaired) electrons. The van der Waals surface area contributed by atoms with E-state index in [1.54, 1.807) is 0 Å². The molecule has 1 aromatic carbocycles. The molecule has 100 valence electrons. The Morgan fingerprint density at radius 2 is 1.83 bits per heavy atom. The summed E-state index contributed by atoms with van der Waals surface area (Å²) in [5, 5.41) is 0. The number of hydrogen-bond acceptors (Lipinski definition) is 2. The highest BCUT2D eigenvalue weighted by Crippen LogP contribution is 2.23. The summed E-state index contributed by atoms with van der Waals surface area (Å²) in [4.78, 5) is 6.58. The molecule has 0 aliphatic rings. The van der Waals surface area contributed by atoms with Crippen molar-refractivity contribution in [2.45, 2.75) is 33.7 Å². The maximum atomic E-state index is 5.58. The van der Waals surface area contributed by atoms with Crippen LogP contribution in [0.3, 0.4) is 0 Å². The van der Waals surface area contributed by atoms with E-state index in [-0.39, 0.29) is 5.41 Å². The van der Waals surface area contributed by atoms with Gasteiger partial charge in [0.1, 0.15) is 0 Å². The van der Waals surface area contributed by atoms with Crippen molar-refractivity contribution in [2.24, 2.45) is 16.3 Å². The Labute approximate surface area is 110 Å². The van der Waals surface area contributed by atoms with E-state index in [1.807, 2.05) is 37.4 Å².